The number of aryl methyl sites for hydroxylation is 4. The van der Waals surface area contributed by atoms with E-state index in [-0.39, 0.29) is 72.0 Å². The first kappa shape index (κ1) is 52.8. The summed E-state index contributed by atoms with van der Waals surface area (Å²) in [5.41, 5.74) is 3.85. The van der Waals surface area contributed by atoms with Crippen LogP contribution in [0, 0.1) is 18.3 Å². The lowest BCUT2D eigenvalue weighted by atomic mass is 9.84. The summed E-state index contributed by atoms with van der Waals surface area (Å²) in [5.74, 6) is -1.06. The number of sulfone groups is 1. The summed E-state index contributed by atoms with van der Waals surface area (Å²) in [5, 5.41) is 15.8. The van der Waals surface area contributed by atoms with Gasteiger partial charge in [0.25, 0.3) is 5.91 Å². The van der Waals surface area contributed by atoms with Gasteiger partial charge in [-0.05, 0) is 103 Å². The molecule has 0 aliphatic carbocycles. The molecule has 3 atom stereocenters. The van der Waals surface area contributed by atoms with Gasteiger partial charge in [0.2, 0.25) is 11.8 Å². The van der Waals surface area contributed by atoms with E-state index in [4.69, 9.17) is 9.47 Å². The van der Waals surface area contributed by atoms with Crippen LogP contribution in [0.4, 0.5) is 0 Å². The molecule has 3 amide bonds. The lowest BCUT2D eigenvalue weighted by Crippen LogP contribution is -2.58. The van der Waals surface area contributed by atoms with E-state index in [9.17, 15) is 37.5 Å². The monoisotopic (exact) mass is 1030 g/mol. The van der Waals surface area contributed by atoms with Crippen LogP contribution in [-0.2, 0) is 50.5 Å². The Morgan fingerprint density at radius 2 is 1.58 bits per heavy atom. The van der Waals surface area contributed by atoms with Crippen LogP contribution in [0.5, 0.6) is 17.2 Å². The Kier molecular flexibility index (Phi) is 15.8. The topological polar surface area (TPSA) is 187 Å². The number of likely N-dealkylation sites (tertiary alicyclic amines) is 2. The second-order valence-corrected chi connectivity index (χ2v) is 23.3. The van der Waals surface area contributed by atoms with E-state index in [1.807, 2.05) is 39.8 Å². The molecule has 0 unspecified atom stereocenters. The highest BCUT2D eigenvalue weighted by atomic mass is 32.2. The lowest BCUT2D eigenvalue weighted by Gasteiger charge is -2.37. The van der Waals surface area contributed by atoms with E-state index in [1.165, 1.54) is 42.7 Å². The first-order valence-electron chi connectivity index (χ1n) is 24.9. The first-order valence-corrected chi connectivity index (χ1v) is 27.4. The third kappa shape index (κ3) is 11.8. The van der Waals surface area contributed by atoms with E-state index < -0.39 is 51.0 Å². The highest BCUT2D eigenvalue weighted by Crippen LogP contribution is 2.35. The van der Waals surface area contributed by atoms with Gasteiger partial charge in [0.1, 0.15) is 23.3 Å². The van der Waals surface area contributed by atoms with Gasteiger partial charge >= 0.3 is 5.69 Å². The lowest BCUT2D eigenvalue weighted by molar-refractivity contribution is -0.144. The van der Waals surface area contributed by atoms with Crippen molar-refractivity contribution in [3.8, 4) is 27.7 Å². The minimum Gasteiger partial charge on any atom is -0.493 e. The molecule has 2 aromatic heterocycles. The number of nitrogens with one attached hydrogen (secondary N) is 1. The number of β-amino-alcohol motifs (C(OH)–C–C–N with tert-alkyl or cyclic N) is 1. The molecule has 8 rings (SSSR count). The molecular weight excluding hydrogens is 967 g/mol. The Labute approximate surface area is 430 Å². The molecule has 386 valence electrons. The second-order valence-electron chi connectivity index (χ2n) is 20.4. The van der Waals surface area contributed by atoms with Crippen molar-refractivity contribution in [2.45, 2.75) is 102 Å². The van der Waals surface area contributed by atoms with Gasteiger partial charge in [-0.2, -0.15) is 0 Å². The third-order valence-electron chi connectivity index (χ3n) is 14.0. The van der Waals surface area contributed by atoms with Gasteiger partial charge in [0, 0.05) is 80.6 Å². The van der Waals surface area contributed by atoms with Gasteiger partial charge in [-0.3, -0.25) is 28.3 Å². The highest BCUT2D eigenvalue weighted by Gasteiger charge is 2.45. The van der Waals surface area contributed by atoms with Crippen LogP contribution in [0.3, 0.4) is 0 Å². The number of carbonyl (C=O) groups is 4. The Morgan fingerprint density at radius 3 is 2.25 bits per heavy atom. The maximum absolute atomic E-state index is 14.4. The molecule has 4 heterocycles. The molecule has 2 N–H and O–H groups in total. The Balaban J connectivity index is 0.901. The number of hydrogen-bond donors (Lipinski definition) is 2. The zero-order valence-electron chi connectivity index (χ0n) is 42.6. The zero-order chi connectivity index (χ0) is 52.4. The smallest absolute Gasteiger partial charge is 0.328 e. The van der Waals surface area contributed by atoms with Gasteiger partial charge in [-0.25, -0.2) is 13.2 Å². The quantitative estimate of drug-likeness (QED) is 0.0907. The summed E-state index contributed by atoms with van der Waals surface area (Å²) in [6, 6.07) is 24.6. The minimum atomic E-state index is -4.10. The number of aromatic nitrogens is 2. The van der Waals surface area contributed by atoms with Crippen LogP contribution in [0.25, 0.3) is 21.5 Å². The number of aliphatic hydroxyl groups excluding tert-OH is 1. The molecule has 6 aromatic rings. The van der Waals surface area contributed by atoms with Crippen molar-refractivity contribution in [1.82, 2.24) is 24.3 Å². The number of amides is 3. The van der Waals surface area contributed by atoms with E-state index in [1.54, 1.807) is 72.8 Å². The van der Waals surface area contributed by atoms with Gasteiger partial charge in [-0.15, -0.1) is 11.3 Å². The number of imidazole rings is 1. The summed E-state index contributed by atoms with van der Waals surface area (Å²) in [4.78, 5) is 73.2. The molecule has 0 spiro atoms. The molecule has 2 saturated heterocycles. The van der Waals surface area contributed by atoms with Crippen molar-refractivity contribution >= 4 is 55.7 Å². The fraction of sp³-hybridized carbons (Fsp3) is 0.411. The number of rotatable bonds is 17. The number of piperidine rings is 1. The van der Waals surface area contributed by atoms with E-state index in [2.05, 4.69) is 35.8 Å². The van der Waals surface area contributed by atoms with Crippen LogP contribution in [-0.4, -0.2) is 100 Å². The summed E-state index contributed by atoms with van der Waals surface area (Å²) < 4.78 is 43.5. The SMILES string of the molecule is CCCOc1cccc(Oc2cc3c(cc2CS(=O)(=O)c2cccc(C(=O)N4CCC(C(=O)N[C@H](C(=O)N5C[C@H](O)C[C@H]5C(=O)CCc5ccc(-c6sccc6C)cc5)C(C)(C)C)CC4)c2)n(C)c(=O)n3C)c1. The van der Waals surface area contributed by atoms with Crippen molar-refractivity contribution in [2.24, 2.45) is 25.4 Å². The molecule has 0 radical (unpaired) electrons. The van der Waals surface area contributed by atoms with Crippen molar-refractivity contribution in [2.75, 3.05) is 26.2 Å². The number of benzene rings is 4. The fourth-order valence-corrected chi connectivity index (χ4v) is 12.1. The van der Waals surface area contributed by atoms with E-state index >= 15 is 0 Å². The van der Waals surface area contributed by atoms with Crippen molar-refractivity contribution in [3.63, 3.8) is 0 Å². The predicted octanol–water partition coefficient (Wildman–Crippen LogP) is 8.02. The summed E-state index contributed by atoms with van der Waals surface area (Å²) in [7, 11) is -0.851. The van der Waals surface area contributed by atoms with E-state index in [0.717, 1.165) is 17.5 Å². The largest absolute Gasteiger partial charge is 0.493 e. The standard InChI is InChI=1S/C56H65N5O10S2/c1-8-26-70-42-12-10-13-43(31-42)71-49-32-46-45(58(6)55(67)59(46)7)29-40(49)34-73(68,69)44-14-9-11-39(28-44)53(65)60-24-21-38(22-25-60)52(64)57-51(56(3,4)5)54(66)61-33-41(62)30-47(61)48(63)20-17-36-15-18-37(19-16-36)50-35(2)23-27-72-50/h9-16,18-19,23,27-29,31-32,38,41,47,51,62H,8,17,20-22,24-26,30,33-34H2,1-7H3,(H,57,64)/t41-,47+,51-/m1/s1. The number of ketones is 1. The Morgan fingerprint density at radius 1 is 0.890 bits per heavy atom. The summed E-state index contributed by atoms with van der Waals surface area (Å²) in [6.45, 7) is 10.5. The molecule has 17 heteroatoms. The molecule has 0 saturated carbocycles. The summed E-state index contributed by atoms with van der Waals surface area (Å²) in [6.07, 6.45) is 1.36. The van der Waals surface area contributed by atoms with Gasteiger partial charge in [0.05, 0.1) is 40.4 Å². The maximum Gasteiger partial charge on any atom is 0.328 e. The van der Waals surface area contributed by atoms with Gasteiger partial charge in [-0.1, -0.05) is 64.1 Å². The number of fused-ring (bicyclic) bond motifs is 1. The number of ether oxygens (including phenoxy) is 2. The molecule has 2 fully saturated rings. The minimum absolute atomic E-state index is 0.0129. The number of Topliss-reactive ketones (excluding diaryl/α,β-unsaturated/α-hetero) is 1. The number of aliphatic hydroxyl groups is 1. The van der Waals surface area contributed by atoms with Crippen molar-refractivity contribution < 1.29 is 42.2 Å². The number of hydrogen-bond acceptors (Lipinski definition) is 11. The predicted molar refractivity (Wildman–Crippen MR) is 282 cm³/mol. The number of nitrogens with zero attached hydrogens (tertiary/aromatic N) is 4. The Hall–Kier alpha value is -6.56. The van der Waals surface area contributed by atoms with Gasteiger partial charge in [0.15, 0.2) is 15.6 Å². The molecule has 2 aliphatic rings. The van der Waals surface area contributed by atoms with Crippen molar-refractivity contribution in [3.05, 3.63) is 129 Å². The van der Waals surface area contributed by atoms with Crippen LogP contribution in [0.1, 0.15) is 86.8 Å². The van der Waals surface area contributed by atoms with Crippen LogP contribution < -0.4 is 20.5 Å². The summed E-state index contributed by atoms with van der Waals surface area (Å²) >= 11 is 1.68. The number of thiophene rings is 1. The molecule has 0 bridgehead atoms. The molecule has 2 aliphatic heterocycles. The van der Waals surface area contributed by atoms with Crippen LogP contribution in [0.2, 0.25) is 0 Å². The first-order chi connectivity index (χ1) is 34.7. The van der Waals surface area contributed by atoms with E-state index in [0.29, 0.717) is 54.0 Å². The van der Waals surface area contributed by atoms with Crippen LogP contribution >= 0.6 is 11.3 Å². The average molecular weight is 1030 g/mol. The zero-order valence-corrected chi connectivity index (χ0v) is 44.2. The highest BCUT2D eigenvalue weighted by molar-refractivity contribution is 7.90. The molecule has 73 heavy (non-hydrogen) atoms. The van der Waals surface area contributed by atoms with Crippen molar-refractivity contribution in [1.29, 1.82) is 0 Å². The Bertz CT molecular complexity index is 3200. The third-order valence-corrected chi connectivity index (χ3v) is 16.7. The number of carbonyl (C=O) groups excluding carboxylic acids is 4. The fourth-order valence-electron chi connectivity index (χ4n) is 9.75. The second kappa shape index (κ2) is 21.9. The normalized spacial score (nSPS) is 16.9. The van der Waals surface area contributed by atoms with Gasteiger partial charge < -0.3 is 29.7 Å². The average Bonchev–Trinajstić information content (AvgIpc) is 4.05. The maximum atomic E-state index is 14.4. The molecule has 4 aromatic carbocycles. The molecular formula is C56H65N5O10S2. The van der Waals surface area contributed by atoms with Crippen LogP contribution in [0.15, 0.2) is 106 Å². The molecule has 15 nitrogen and oxygen atoms in total.